The smallest absolute Gasteiger partial charge is 0.201 e. The Hall–Kier alpha value is -3.02. The lowest BCUT2D eigenvalue weighted by molar-refractivity contribution is 0.482. The first-order valence-electron chi connectivity index (χ1n) is 6.30. The topological polar surface area (TPSA) is 84.6 Å². The molecule has 1 aromatic heterocycles. The van der Waals surface area contributed by atoms with Gasteiger partial charge >= 0.3 is 0 Å². The van der Waals surface area contributed by atoms with Crippen LogP contribution in [0.4, 0.5) is 5.69 Å². The van der Waals surface area contributed by atoms with Gasteiger partial charge in [-0.1, -0.05) is 6.58 Å². The zero-order valence-electron chi connectivity index (χ0n) is 11.7. The predicted molar refractivity (Wildman–Crippen MR) is 84.2 cm³/mol. The van der Waals surface area contributed by atoms with Gasteiger partial charge < -0.3 is 21.1 Å². The van der Waals surface area contributed by atoms with Crippen LogP contribution >= 0.6 is 0 Å². The van der Waals surface area contributed by atoms with Crippen molar-refractivity contribution in [1.82, 2.24) is 10.3 Å². The monoisotopic (exact) mass is 283 g/mol. The van der Waals surface area contributed by atoms with Crippen LogP contribution in [0.1, 0.15) is 0 Å². The molecule has 0 spiro atoms. The molecular formula is C15H17N5O. The molecule has 1 aromatic carbocycles. The van der Waals surface area contributed by atoms with Crippen LogP contribution < -0.4 is 21.1 Å². The fourth-order valence-electron chi connectivity index (χ4n) is 1.58. The summed E-state index contributed by atoms with van der Waals surface area (Å²) in [5.74, 6) is 2.31. The lowest BCUT2D eigenvalue weighted by Crippen LogP contribution is -2.32. The van der Waals surface area contributed by atoms with Crippen LogP contribution in [0.5, 0.6) is 11.5 Å². The zero-order chi connectivity index (χ0) is 15.1. The number of anilines is 1. The van der Waals surface area contributed by atoms with E-state index in [4.69, 9.17) is 10.5 Å². The first-order chi connectivity index (χ1) is 10.2. The first-order valence-corrected chi connectivity index (χ1v) is 6.30. The number of aliphatic imine (C=N–C) groups is 1. The maximum Gasteiger partial charge on any atom is 0.201 e. The average molecular weight is 283 g/mol. The van der Waals surface area contributed by atoms with E-state index < -0.39 is 0 Å². The number of pyridine rings is 1. The van der Waals surface area contributed by atoms with Crippen molar-refractivity contribution in [3.8, 4) is 11.5 Å². The molecule has 0 saturated heterocycles. The molecule has 0 fully saturated rings. The second-order valence-corrected chi connectivity index (χ2v) is 4.16. The lowest BCUT2D eigenvalue weighted by Gasteiger charge is -2.12. The third kappa shape index (κ3) is 4.54. The van der Waals surface area contributed by atoms with Gasteiger partial charge in [-0.25, -0.2) is 0 Å². The number of rotatable bonds is 4. The minimum Gasteiger partial charge on any atom is -0.457 e. The van der Waals surface area contributed by atoms with Crippen LogP contribution in [0.3, 0.4) is 0 Å². The van der Waals surface area contributed by atoms with E-state index in [1.165, 1.54) is 0 Å². The molecule has 0 amide bonds. The van der Waals surface area contributed by atoms with E-state index in [1.807, 2.05) is 24.3 Å². The molecule has 4 N–H and O–H groups in total. The van der Waals surface area contributed by atoms with Crippen molar-refractivity contribution in [1.29, 1.82) is 0 Å². The second-order valence-electron chi connectivity index (χ2n) is 4.16. The third-order valence-electron chi connectivity index (χ3n) is 2.51. The molecule has 0 radical (unpaired) electrons. The number of nitrogens with two attached hydrogens (primary N) is 1. The SMILES string of the molecule is C=C(N)NC(=NC)Nc1ccc(Oc2ccncc2)cc1. The fraction of sp³-hybridized carbons (Fsp3) is 0.0667. The Morgan fingerprint density at radius 3 is 2.33 bits per heavy atom. The Kier molecular flexibility index (Phi) is 4.76. The highest BCUT2D eigenvalue weighted by Crippen LogP contribution is 2.22. The number of hydrogen-bond acceptors (Lipinski definition) is 4. The van der Waals surface area contributed by atoms with Gasteiger partial charge in [0.25, 0.3) is 0 Å². The van der Waals surface area contributed by atoms with Gasteiger partial charge in [-0.2, -0.15) is 0 Å². The molecule has 0 unspecified atom stereocenters. The Balaban J connectivity index is 2.00. The molecule has 21 heavy (non-hydrogen) atoms. The van der Waals surface area contributed by atoms with Crippen molar-refractivity contribution in [3.63, 3.8) is 0 Å². The highest BCUT2D eigenvalue weighted by molar-refractivity contribution is 5.94. The van der Waals surface area contributed by atoms with E-state index in [-0.39, 0.29) is 0 Å². The largest absolute Gasteiger partial charge is 0.457 e. The highest BCUT2D eigenvalue weighted by Gasteiger charge is 2.01. The molecule has 0 aliphatic rings. The second kappa shape index (κ2) is 6.95. The summed E-state index contributed by atoms with van der Waals surface area (Å²) in [4.78, 5) is 7.97. The minimum atomic E-state index is 0.320. The van der Waals surface area contributed by atoms with Crippen molar-refractivity contribution in [2.24, 2.45) is 10.7 Å². The van der Waals surface area contributed by atoms with Crippen LogP contribution in [0.25, 0.3) is 0 Å². The van der Waals surface area contributed by atoms with Crippen LogP contribution in [-0.4, -0.2) is 18.0 Å². The summed E-state index contributed by atoms with van der Waals surface area (Å²) in [6.45, 7) is 3.57. The van der Waals surface area contributed by atoms with Crippen molar-refractivity contribution in [3.05, 3.63) is 61.2 Å². The summed E-state index contributed by atoms with van der Waals surface area (Å²) >= 11 is 0. The molecule has 2 rings (SSSR count). The van der Waals surface area contributed by atoms with Crippen molar-refractivity contribution in [2.75, 3.05) is 12.4 Å². The van der Waals surface area contributed by atoms with E-state index in [0.29, 0.717) is 11.8 Å². The van der Waals surface area contributed by atoms with Gasteiger partial charge in [-0.15, -0.1) is 0 Å². The highest BCUT2D eigenvalue weighted by atomic mass is 16.5. The molecule has 0 bridgehead atoms. The van der Waals surface area contributed by atoms with E-state index in [2.05, 4.69) is 27.2 Å². The minimum absolute atomic E-state index is 0.320. The van der Waals surface area contributed by atoms with Gasteiger partial charge in [-0.3, -0.25) is 9.98 Å². The number of guanidine groups is 1. The molecule has 6 heteroatoms. The maximum atomic E-state index is 5.68. The molecular weight excluding hydrogens is 266 g/mol. The van der Waals surface area contributed by atoms with Crippen LogP contribution in [0.2, 0.25) is 0 Å². The number of hydrogen-bond donors (Lipinski definition) is 3. The predicted octanol–water partition coefficient (Wildman–Crippen LogP) is 2.29. The van der Waals surface area contributed by atoms with Gasteiger partial charge in [0.05, 0.1) is 5.82 Å². The Morgan fingerprint density at radius 2 is 1.76 bits per heavy atom. The molecule has 2 aromatic rings. The van der Waals surface area contributed by atoms with Gasteiger partial charge in [0, 0.05) is 25.1 Å². The van der Waals surface area contributed by atoms with Crippen LogP contribution in [-0.2, 0) is 0 Å². The molecule has 108 valence electrons. The first kappa shape index (κ1) is 14.4. The van der Waals surface area contributed by atoms with Gasteiger partial charge in [0.1, 0.15) is 11.5 Å². The zero-order valence-corrected chi connectivity index (χ0v) is 11.7. The number of aromatic nitrogens is 1. The summed E-state index contributed by atoms with van der Waals surface area (Å²) in [7, 11) is 1.65. The van der Waals surface area contributed by atoms with E-state index in [9.17, 15) is 0 Å². The molecule has 0 aliphatic carbocycles. The molecule has 0 saturated carbocycles. The van der Waals surface area contributed by atoms with Crippen LogP contribution in [0, 0.1) is 0 Å². The lowest BCUT2D eigenvalue weighted by atomic mass is 10.3. The fourth-order valence-corrected chi connectivity index (χ4v) is 1.58. The Bertz CT molecular complexity index is 622. The molecule has 0 aliphatic heterocycles. The average Bonchev–Trinajstić information content (AvgIpc) is 2.49. The van der Waals surface area contributed by atoms with Gasteiger partial charge in [0.15, 0.2) is 0 Å². The summed E-state index contributed by atoms with van der Waals surface area (Å²) in [5.41, 5.74) is 6.33. The van der Waals surface area contributed by atoms with Crippen molar-refractivity contribution in [2.45, 2.75) is 0 Å². The summed E-state index contributed by atoms with van der Waals surface area (Å²) in [6.07, 6.45) is 3.36. The Labute approximate surface area is 123 Å². The number of benzene rings is 1. The van der Waals surface area contributed by atoms with Crippen molar-refractivity contribution >= 4 is 11.6 Å². The van der Waals surface area contributed by atoms with Crippen molar-refractivity contribution < 1.29 is 4.74 Å². The third-order valence-corrected chi connectivity index (χ3v) is 2.51. The van der Waals surface area contributed by atoms with Crippen LogP contribution in [0.15, 0.2) is 66.2 Å². The quantitative estimate of drug-likeness (QED) is 0.592. The normalized spacial score (nSPS) is 10.8. The van der Waals surface area contributed by atoms with E-state index in [1.54, 1.807) is 31.6 Å². The number of ether oxygens (including phenoxy) is 1. The molecule has 1 heterocycles. The summed E-state index contributed by atoms with van der Waals surface area (Å²) in [5, 5.41) is 5.90. The molecule has 6 nitrogen and oxygen atoms in total. The van der Waals surface area contributed by atoms with E-state index in [0.717, 1.165) is 17.2 Å². The van der Waals surface area contributed by atoms with Gasteiger partial charge in [-0.05, 0) is 36.4 Å². The Morgan fingerprint density at radius 1 is 1.14 bits per heavy atom. The number of nitrogens with zero attached hydrogens (tertiary/aromatic N) is 2. The maximum absolute atomic E-state index is 5.68. The summed E-state index contributed by atoms with van der Waals surface area (Å²) < 4.78 is 5.68. The number of nitrogens with one attached hydrogen (secondary N) is 2. The van der Waals surface area contributed by atoms with E-state index >= 15 is 0 Å². The summed E-state index contributed by atoms with van der Waals surface area (Å²) in [6, 6.07) is 11.1. The molecule has 0 atom stereocenters. The van der Waals surface area contributed by atoms with Gasteiger partial charge in [0.2, 0.25) is 5.96 Å². The standard InChI is InChI=1S/C15H17N5O/c1-11(16)19-15(17-2)20-12-3-5-13(6-4-12)21-14-7-9-18-10-8-14/h3-10H,1,16H2,2H3,(H2,17,19,20).